The number of nitrogens with one attached hydrogen (secondary N) is 1. The van der Waals surface area contributed by atoms with Gasteiger partial charge in [-0.05, 0) is 37.7 Å². The van der Waals surface area contributed by atoms with Crippen LogP contribution in [0.4, 0.5) is 0 Å². The van der Waals surface area contributed by atoms with Crippen molar-refractivity contribution in [1.29, 1.82) is 0 Å². The van der Waals surface area contributed by atoms with Crippen molar-refractivity contribution in [2.75, 3.05) is 19.7 Å². The van der Waals surface area contributed by atoms with E-state index in [2.05, 4.69) is 54.0 Å². The van der Waals surface area contributed by atoms with Gasteiger partial charge >= 0.3 is 0 Å². The number of amides is 1. The van der Waals surface area contributed by atoms with Crippen molar-refractivity contribution in [3.05, 3.63) is 48.0 Å². The van der Waals surface area contributed by atoms with Gasteiger partial charge in [-0.15, -0.1) is 0 Å². The summed E-state index contributed by atoms with van der Waals surface area (Å²) in [4.78, 5) is 12.1. The minimum Gasteiger partial charge on any atom is -1.00 e. The first-order chi connectivity index (χ1) is 17.3. The second kappa shape index (κ2) is 26.7. The quantitative estimate of drug-likeness (QED) is 0.144. The second-order valence-corrected chi connectivity index (χ2v) is 10.0. The monoisotopic (exact) mass is 522 g/mol. The Morgan fingerprint density at radius 3 is 2.14 bits per heavy atom. The van der Waals surface area contributed by atoms with Gasteiger partial charge in [0.2, 0.25) is 5.91 Å². The topological polar surface area (TPSA) is 65.9 Å². The van der Waals surface area contributed by atoms with Crippen LogP contribution in [0.5, 0.6) is 0 Å². The molecule has 0 saturated heterocycles. The average molecular weight is 523 g/mol. The van der Waals surface area contributed by atoms with Gasteiger partial charge in [0.15, 0.2) is 0 Å². The summed E-state index contributed by atoms with van der Waals surface area (Å²) in [5.41, 5.74) is 1.32. The highest BCUT2D eigenvalue weighted by Crippen LogP contribution is 2.10. The van der Waals surface area contributed by atoms with Crippen LogP contribution in [0.25, 0.3) is 0 Å². The zero-order chi connectivity index (χ0) is 25.2. The van der Waals surface area contributed by atoms with Crippen molar-refractivity contribution in [2.45, 2.75) is 122 Å². The van der Waals surface area contributed by atoms with E-state index in [0.29, 0.717) is 12.5 Å². The summed E-state index contributed by atoms with van der Waals surface area (Å²) in [6.07, 6.45) is 24.8. The molecule has 1 aromatic carbocycles. The predicted octanol–water partition coefficient (Wildman–Crippen LogP) is 3.09. The largest absolute Gasteiger partial charge is 1.00 e. The summed E-state index contributed by atoms with van der Waals surface area (Å²) in [6.45, 7) is 4.22. The molecule has 1 amide bonds. The van der Waals surface area contributed by atoms with Crippen LogP contribution in [0, 0.1) is 0 Å². The number of quaternary nitrogens is 1. The normalized spacial score (nSPS) is 11.9. The summed E-state index contributed by atoms with van der Waals surface area (Å²) in [5.74, 6) is 0.193. The van der Waals surface area contributed by atoms with Gasteiger partial charge in [-0.2, -0.15) is 0 Å². The van der Waals surface area contributed by atoms with E-state index in [0.717, 1.165) is 45.2 Å². The fraction of sp³-hybridized carbons (Fsp3) is 0.710. The van der Waals surface area contributed by atoms with Gasteiger partial charge in [0.25, 0.3) is 0 Å². The first-order valence-corrected chi connectivity index (χ1v) is 14.7. The van der Waals surface area contributed by atoms with Gasteiger partial charge < -0.3 is 28.1 Å². The molecule has 1 aromatic rings. The van der Waals surface area contributed by atoms with Crippen LogP contribution in [0.1, 0.15) is 115 Å². The zero-order valence-electron chi connectivity index (χ0n) is 23.1. The van der Waals surface area contributed by atoms with E-state index in [-0.39, 0.29) is 24.9 Å². The van der Waals surface area contributed by atoms with Crippen LogP contribution >= 0.6 is 0 Å². The molecule has 5 heteroatoms. The number of aliphatic hydroxyl groups is 1. The Labute approximate surface area is 228 Å². The maximum atomic E-state index is 12.1. The number of benzene rings is 1. The Kier molecular flexibility index (Phi) is 25.7. The molecule has 0 aromatic heterocycles. The minimum absolute atomic E-state index is 0. The van der Waals surface area contributed by atoms with Crippen LogP contribution in [-0.2, 0) is 11.2 Å². The van der Waals surface area contributed by atoms with Crippen molar-refractivity contribution in [3.63, 3.8) is 0 Å². The van der Waals surface area contributed by atoms with Crippen molar-refractivity contribution < 1.29 is 27.6 Å². The summed E-state index contributed by atoms with van der Waals surface area (Å²) in [6, 6.07) is 10.9. The van der Waals surface area contributed by atoms with Crippen LogP contribution in [0.3, 0.4) is 0 Å². The third kappa shape index (κ3) is 21.9. The van der Waals surface area contributed by atoms with Gasteiger partial charge in [-0.25, -0.2) is 0 Å². The van der Waals surface area contributed by atoms with Crippen molar-refractivity contribution >= 4 is 5.91 Å². The van der Waals surface area contributed by atoms with E-state index in [9.17, 15) is 9.90 Å². The molecule has 1 unspecified atom stereocenters. The molecular weight excluding hydrogens is 468 g/mol. The third-order valence-corrected chi connectivity index (χ3v) is 6.71. The van der Waals surface area contributed by atoms with Crippen LogP contribution in [0.2, 0.25) is 0 Å². The molecule has 0 aliphatic carbocycles. The van der Waals surface area contributed by atoms with E-state index in [1.54, 1.807) is 0 Å². The molecule has 0 aliphatic rings. The molecule has 0 heterocycles. The lowest BCUT2D eigenvalue weighted by Crippen LogP contribution is -3.00. The smallest absolute Gasteiger partial charge is 0.219 e. The molecule has 1 atom stereocenters. The van der Waals surface area contributed by atoms with E-state index in [1.165, 1.54) is 76.2 Å². The van der Waals surface area contributed by atoms with Crippen LogP contribution < -0.4 is 23.0 Å². The van der Waals surface area contributed by atoms with Gasteiger partial charge in [0, 0.05) is 38.8 Å². The van der Waals surface area contributed by atoms with Gasteiger partial charge in [0.1, 0.15) is 0 Å². The molecule has 0 bridgehead atoms. The Morgan fingerprint density at radius 1 is 0.889 bits per heavy atom. The number of halogens is 1. The summed E-state index contributed by atoms with van der Waals surface area (Å²) in [7, 11) is 0. The first-order valence-electron chi connectivity index (χ1n) is 14.7. The lowest BCUT2D eigenvalue weighted by Gasteiger charge is -2.15. The molecule has 0 fully saturated rings. The number of allylic oxidation sites excluding steroid dienone is 2. The van der Waals surface area contributed by atoms with E-state index < -0.39 is 0 Å². The fourth-order valence-corrected chi connectivity index (χ4v) is 4.51. The van der Waals surface area contributed by atoms with Crippen LogP contribution in [0.15, 0.2) is 42.5 Å². The number of unbranched alkanes of at least 4 members (excludes halogenated alkanes) is 11. The number of hydrogen-bond acceptors (Lipinski definition) is 2. The van der Waals surface area contributed by atoms with Crippen molar-refractivity contribution in [3.8, 4) is 0 Å². The molecule has 1 rings (SSSR count). The third-order valence-electron chi connectivity index (χ3n) is 6.71. The molecule has 0 spiro atoms. The molecular formula is C31H55ClN2O2. The van der Waals surface area contributed by atoms with Crippen LogP contribution in [-0.4, -0.2) is 36.8 Å². The molecule has 4 N–H and O–H groups in total. The molecule has 0 aliphatic heterocycles. The van der Waals surface area contributed by atoms with Crippen molar-refractivity contribution in [2.24, 2.45) is 0 Å². The van der Waals surface area contributed by atoms with Gasteiger partial charge in [0.05, 0.1) is 12.6 Å². The number of carbonyl (C=O) groups is 1. The maximum absolute atomic E-state index is 12.1. The molecule has 208 valence electrons. The number of aliphatic hydroxyl groups excluding tert-OH is 1. The highest BCUT2D eigenvalue weighted by atomic mass is 35.5. The summed E-state index contributed by atoms with van der Waals surface area (Å²) < 4.78 is 0. The standard InChI is InChI=1S/C31H54N2O2.ClH/c1-2-3-4-5-6-7-8-9-10-11-12-13-14-15-19-23-31(35)33-26-20-25-32-30(24-27-34)28-29-21-17-16-18-22-29;/h9-10,16-18,21-22,30,32,34H,2-8,11-15,19-20,23-28H2,1H3,(H,33,35);1H/b10-9+;. The average Bonchev–Trinajstić information content (AvgIpc) is 2.87. The fourth-order valence-electron chi connectivity index (χ4n) is 4.51. The first kappa shape index (κ1) is 34.6. The zero-order valence-corrected chi connectivity index (χ0v) is 23.8. The lowest BCUT2D eigenvalue weighted by molar-refractivity contribution is -0.689. The van der Waals surface area contributed by atoms with E-state index in [1.807, 2.05) is 6.07 Å². The SMILES string of the molecule is CCCCCCCC/C=C/CCCCCCCC(=O)NCCC[NH2+]C(CCO)Cc1ccccc1.[Cl-]. The Balaban J connectivity index is 0.0000122. The van der Waals surface area contributed by atoms with Gasteiger partial charge in [-0.1, -0.05) is 101 Å². The molecule has 0 radical (unpaired) electrons. The number of nitrogens with two attached hydrogens (primary N) is 1. The van der Waals surface area contributed by atoms with E-state index in [4.69, 9.17) is 0 Å². The Bertz CT molecular complexity index is 624. The summed E-state index contributed by atoms with van der Waals surface area (Å²) in [5, 5.41) is 14.7. The highest BCUT2D eigenvalue weighted by molar-refractivity contribution is 5.75. The number of carbonyl (C=O) groups excluding carboxylic acids is 1. The minimum atomic E-state index is 0. The summed E-state index contributed by atoms with van der Waals surface area (Å²) >= 11 is 0. The lowest BCUT2D eigenvalue weighted by atomic mass is 10.0. The molecule has 36 heavy (non-hydrogen) atoms. The molecule has 4 nitrogen and oxygen atoms in total. The van der Waals surface area contributed by atoms with Crippen molar-refractivity contribution in [1.82, 2.24) is 5.32 Å². The number of hydrogen-bond donors (Lipinski definition) is 3. The van der Waals surface area contributed by atoms with E-state index >= 15 is 0 Å². The Hall–Kier alpha value is -1.36. The van der Waals surface area contributed by atoms with Gasteiger partial charge in [-0.3, -0.25) is 4.79 Å². The molecule has 0 saturated carbocycles. The Morgan fingerprint density at radius 2 is 1.50 bits per heavy atom. The maximum Gasteiger partial charge on any atom is 0.219 e. The second-order valence-electron chi connectivity index (χ2n) is 10.0. The predicted molar refractivity (Wildman–Crippen MR) is 150 cm³/mol. The highest BCUT2D eigenvalue weighted by Gasteiger charge is 2.12. The number of rotatable bonds is 24.